The molecule has 0 aromatic heterocycles. The van der Waals surface area contributed by atoms with E-state index in [1.807, 2.05) is 0 Å². The molecule has 1 N–H and O–H groups in total. The van der Waals surface area contributed by atoms with Crippen molar-refractivity contribution < 1.29 is 19.1 Å². The molecule has 0 radical (unpaired) electrons. The number of rotatable bonds is 4. The number of anilines is 1. The van der Waals surface area contributed by atoms with Crippen molar-refractivity contribution in [2.24, 2.45) is 0 Å². The average molecular weight is 345 g/mol. The zero-order chi connectivity index (χ0) is 18.0. The van der Waals surface area contributed by atoms with Gasteiger partial charge in [-0.25, -0.2) is 0 Å². The third-order valence-electron chi connectivity index (χ3n) is 4.66. The molecule has 0 saturated carbocycles. The molecule has 1 aromatic carbocycles. The molecule has 25 heavy (non-hydrogen) atoms. The second-order valence-electron chi connectivity index (χ2n) is 6.39. The lowest BCUT2D eigenvalue weighted by atomic mass is 10.0. The number of carbonyl (C=O) groups is 3. The van der Waals surface area contributed by atoms with Crippen LogP contribution in [-0.2, 0) is 9.59 Å². The highest BCUT2D eigenvalue weighted by Gasteiger charge is 2.29. The number of ether oxygens (including phenoxy) is 1. The lowest BCUT2D eigenvalue weighted by Gasteiger charge is -2.30. The van der Waals surface area contributed by atoms with Crippen molar-refractivity contribution in [1.82, 2.24) is 10.2 Å². The zero-order valence-electron chi connectivity index (χ0n) is 14.6. The molecule has 7 heteroatoms. The summed E-state index contributed by atoms with van der Waals surface area (Å²) in [4.78, 5) is 39.9. The van der Waals surface area contributed by atoms with E-state index in [2.05, 4.69) is 5.32 Å². The zero-order valence-corrected chi connectivity index (χ0v) is 14.6. The largest absolute Gasteiger partial charge is 0.479 e. The van der Waals surface area contributed by atoms with E-state index in [-0.39, 0.29) is 30.4 Å². The summed E-state index contributed by atoms with van der Waals surface area (Å²) in [5.74, 6) is 0.344. The summed E-state index contributed by atoms with van der Waals surface area (Å²) in [6, 6.07) is 5.06. The first-order valence-corrected chi connectivity index (χ1v) is 8.57. The maximum absolute atomic E-state index is 12.4. The number of amides is 2. The number of nitrogens with one attached hydrogen (secondary N) is 1. The molecule has 134 valence electrons. The van der Waals surface area contributed by atoms with E-state index < -0.39 is 6.10 Å². The lowest BCUT2D eigenvalue weighted by Crippen LogP contribution is -2.46. The normalized spacial score (nSPS) is 20.1. The Morgan fingerprint density at radius 2 is 1.96 bits per heavy atom. The molecular formula is C18H23N3O4. The Morgan fingerprint density at radius 3 is 2.68 bits per heavy atom. The summed E-state index contributed by atoms with van der Waals surface area (Å²) in [5.41, 5.74) is 1.08. The summed E-state index contributed by atoms with van der Waals surface area (Å²) < 4.78 is 5.56. The minimum Gasteiger partial charge on any atom is -0.479 e. The van der Waals surface area contributed by atoms with Crippen LogP contribution >= 0.6 is 0 Å². The molecule has 7 nitrogen and oxygen atoms in total. The summed E-state index contributed by atoms with van der Waals surface area (Å²) in [7, 11) is 1.67. The standard InChI is InChI=1S/C18H23N3O4/c1-12-18(24)20(2)14-11-13(3-5-16(14)25-12)15(22)4-6-17(23)21-9-7-19-8-10-21/h3,5,11-12,19H,4,6-10H2,1-2H3. The first-order valence-electron chi connectivity index (χ1n) is 8.57. The fourth-order valence-corrected chi connectivity index (χ4v) is 3.12. The molecule has 1 aromatic rings. The fourth-order valence-electron chi connectivity index (χ4n) is 3.12. The Bertz CT molecular complexity index is 698. The lowest BCUT2D eigenvalue weighted by molar-refractivity contribution is -0.131. The minimum atomic E-state index is -0.532. The van der Waals surface area contributed by atoms with E-state index in [4.69, 9.17) is 4.74 Å². The maximum Gasteiger partial charge on any atom is 0.267 e. The van der Waals surface area contributed by atoms with Gasteiger partial charge in [0, 0.05) is 51.6 Å². The topological polar surface area (TPSA) is 79.0 Å². The Kier molecular flexibility index (Phi) is 5.03. The third kappa shape index (κ3) is 3.66. The molecule has 1 unspecified atom stereocenters. The van der Waals surface area contributed by atoms with Crippen LogP contribution in [0.2, 0.25) is 0 Å². The highest BCUT2D eigenvalue weighted by atomic mass is 16.5. The van der Waals surface area contributed by atoms with Gasteiger partial charge in [0.2, 0.25) is 5.91 Å². The minimum absolute atomic E-state index is 0.0114. The molecule has 0 bridgehead atoms. The van der Waals surface area contributed by atoms with E-state index in [1.54, 1.807) is 37.1 Å². The number of benzene rings is 1. The molecule has 0 aliphatic carbocycles. The van der Waals surface area contributed by atoms with Crippen molar-refractivity contribution in [3.05, 3.63) is 23.8 Å². The van der Waals surface area contributed by atoms with E-state index >= 15 is 0 Å². The van der Waals surface area contributed by atoms with Crippen molar-refractivity contribution in [2.45, 2.75) is 25.9 Å². The predicted molar refractivity (Wildman–Crippen MR) is 93.0 cm³/mol. The van der Waals surface area contributed by atoms with Crippen LogP contribution < -0.4 is 15.0 Å². The smallest absolute Gasteiger partial charge is 0.267 e. The molecule has 3 rings (SSSR count). The van der Waals surface area contributed by atoms with Gasteiger partial charge in [-0.1, -0.05) is 0 Å². The van der Waals surface area contributed by atoms with E-state index in [0.717, 1.165) is 13.1 Å². The van der Waals surface area contributed by atoms with Crippen molar-refractivity contribution in [2.75, 3.05) is 38.1 Å². The van der Waals surface area contributed by atoms with Gasteiger partial charge >= 0.3 is 0 Å². The molecule has 1 saturated heterocycles. The molecule has 1 fully saturated rings. The Balaban J connectivity index is 1.65. The molecule has 2 aliphatic rings. The number of ketones is 1. The monoisotopic (exact) mass is 345 g/mol. The van der Waals surface area contributed by atoms with Gasteiger partial charge in [-0.2, -0.15) is 0 Å². The number of nitrogens with zero attached hydrogens (tertiary/aromatic N) is 2. The first kappa shape index (κ1) is 17.4. The van der Waals surface area contributed by atoms with Gasteiger partial charge in [-0.15, -0.1) is 0 Å². The van der Waals surface area contributed by atoms with Crippen LogP contribution in [0.25, 0.3) is 0 Å². The molecular weight excluding hydrogens is 322 g/mol. The Morgan fingerprint density at radius 1 is 1.24 bits per heavy atom. The number of piperazine rings is 1. The van der Waals surface area contributed by atoms with Gasteiger partial charge in [0.15, 0.2) is 11.9 Å². The number of Topliss-reactive ketones (excluding diaryl/α,β-unsaturated/α-hetero) is 1. The van der Waals surface area contributed by atoms with Crippen LogP contribution in [0, 0.1) is 0 Å². The first-order chi connectivity index (χ1) is 12.0. The van der Waals surface area contributed by atoms with Gasteiger partial charge in [0.1, 0.15) is 5.75 Å². The van der Waals surface area contributed by atoms with Crippen molar-refractivity contribution in [3.63, 3.8) is 0 Å². The van der Waals surface area contributed by atoms with Crippen LogP contribution in [0.5, 0.6) is 5.75 Å². The van der Waals surface area contributed by atoms with E-state index in [0.29, 0.717) is 30.1 Å². The maximum atomic E-state index is 12.4. The van der Waals surface area contributed by atoms with Crippen LogP contribution in [0.15, 0.2) is 18.2 Å². The quantitative estimate of drug-likeness (QED) is 0.818. The number of carbonyl (C=O) groups excluding carboxylic acids is 3. The summed E-state index contributed by atoms with van der Waals surface area (Å²) in [5, 5.41) is 3.20. The van der Waals surface area contributed by atoms with Gasteiger partial charge in [-0.05, 0) is 25.1 Å². The predicted octanol–water partition coefficient (Wildman–Crippen LogP) is 0.825. The van der Waals surface area contributed by atoms with Crippen LogP contribution in [0.3, 0.4) is 0 Å². The molecule has 2 aliphatic heterocycles. The van der Waals surface area contributed by atoms with Gasteiger partial charge in [0.25, 0.3) is 5.91 Å². The third-order valence-corrected chi connectivity index (χ3v) is 4.66. The summed E-state index contributed by atoms with van der Waals surface area (Å²) >= 11 is 0. The highest BCUT2D eigenvalue weighted by molar-refractivity contribution is 6.03. The Labute approximate surface area is 146 Å². The molecule has 2 heterocycles. The number of hydrogen-bond donors (Lipinski definition) is 1. The molecule has 2 amide bonds. The second kappa shape index (κ2) is 7.23. The van der Waals surface area contributed by atoms with Crippen molar-refractivity contribution in [3.8, 4) is 5.75 Å². The SMILES string of the molecule is CC1Oc2ccc(C(=O)CCC(=O)N3CCNCC3)cc2N(C)C1=O. The Hall–Kier alpha value is -2.41. The summed E-state index contributed by atoms with van der Waals surface area (Å²) in [6.07, 6.45) is -0.162. The van der Waals surface area contributed by atoms with Gasteiger partial charge in [0.05, 0.1) is 5.69 Å². The number of likely N-dealkylation sites (N-methyl/N-ethyl adjacent to an activating group) is 1. The van der Waals surface area contributed by atoms with E-state index in [9.17, 15) is 14.4 Å². The van der Waals surface area contributed by atoms with Gasteiger partial charge in [-0.3, -0.25) is 14.4 Å². The van der Waals surface area contributed by atoms with Crippen LogP contribution in [0.1, 0.15) is 30.1 Å². The molecule has 0 spiro atoms. The summed E-state index contributed by atoms with van der Waals surface area (Å²) in [6.45, 7) is 4.66. The second-order valence-corrected chi connectivity index (χ2v) is 6.39. The van der Waals surface area contributed by atoms with Gasteiger partial charge < -0.3 is 19.9 Å². The fraction of sp³-hybridized carbons (Fsp3) is 0.500. The van der Waals surface area contributed by atoms with E-state index in [1.165, 1.54) is 4.90 Å². The van der Waals surface area contributed by atoms with Crippen LogP contribution in [0.4, 0.5) is 5.69 Å². The number of fused-ring (bicyclic) bond motifs is 1. The van der Waals surface area contributed by atoms with Crippen molar-refractivity contribution in [1.29, 1.82) is 0 Å². The number of hydrogen-bond acceptors (Lipinski definition) is 5. The average Bonchev–Trinajstić information content (AvgIpc) is 2.64. The highest BCUT2D eigenvalue weighted by Crippen LogP contribution is 2.34. The van der Waals surface area contributed by atoms with Crippen molar-refractivity contribution >= 4 is 23.3 Å². The molecule has 1 atom stereocenters. The van der Waals surface area contributed by atoms with Crippen LogP contribution in [-0.4, -0.2) is 61.8 Å².